The molecule has 0 aliphatic heterocycles. The second-order valence-electron chi connectivity index (χ2n) is 7.68. The van der Waals surface area contributed by atoms with Crippen LogP contribution in [0.4, 0.5) is 0 Å². The number of aryl methyl sites for hydroxylation is 1. The molecule has 0 aliphatic rings. The number of aromatic carboxylic acids is 1. The van der Waals surface area contributed by atoms with Crippen LogP contribution >= 0.6 is 11.6 Å². The number of fused-ring (bicyclic) bond motifs is 2. The smallest absolute Gasteiger partial charge is 0.353 e. The summed E-state index contributed by atoms with van der Waals surface area (Å²) in [6.45, 7) is 2.13. The number of H-pyrrole nitrogens is 1. The van der Waals surface area contributed by atoms with Gasteiger partial charge in [-0.1, -0.05) is 41.4 Å². The van der Waals surface area contributed by atoms with Gasteiger partial charge in [0.1, 0.15) is 10.8 Å². The van der Waals surface area contributed by atoms with E-state index in [2.05, 4.69) is 9.97 Å². The van der Waals surface area contributed by atoms with Crippen LogP contribution in [0.3, 0.4) is 0 Å². The van der Waals surface area contributed by atoms with Gasteiger partial charge in [-0.15, -0.1) is 0 Å². The Balaban J connectivity index is 1.82. The van der Waals surface area contributed by atoms with Crippen LogP contribution in [0.25, 0.3) is 32.9 Å². The van der Waals surface area contributed by atoms with E-state index >= 15 is 0 Å². The fraction of sp³-hybridized carbons (Fsp3) is 0.0800. The molecule has 0 saturated carbocycles. The summed E-state index contributed by atoms with van der Waals surface area (Å²) < 4.78 is 1.69. The Hall–Kier alpha value is -3.90. The third-order valence-corrected chi connectivity index (χ3v) is 5.91. The molecule has 2 aromatic carbocycles. The maximum Gasteiger partial charge on any atom is 0.353 e. The molecule has 6 nitrogen and oxygen atoms in total. The quantitative estimate of drug-likeness (QED) is 0.371. The second-order valence-corrected chi connectivity index (χ2v) is 8.04. The summed E-state index contributed by atoms with van der Waals surface area (Å²) in [7, 11) is 0. The van der Waals surface area contributed by atoms with Crippen LogP contribution in [0.1, 0.15) is 21.6 Å². The summed E-state index contributed by atoms with van der Waals surface area (Å²) in [6, 6.07) is 18.6. The van der Waals surface area contributed by atoms with Gasteiger partial charge >= 0.3 is 5.97 Å². The Kier molecular flexibility index (Phi) is 4.79. The van der Waals surface area contributed by atoms with Crippen LogP contribution in [-0.4, -0.2) is 25.6 Å². The first-order chi connectivity index (χ1) is 15.4. The van der Waals surface area contributed by atoms with Crippen LogP contribution in [0, 0.1) is 6.92 Å². The van der Waals surface area contributed by atoms with Gasteiger partial charge in [0.05, 0.1) is 12.1 Å². The number of nitrogens with one attached hydrogen (secondary N) is 1. The van der Waals surface area contributed by atoms with Gasteiger partial charge in [-0.3, -0.25) is 4.79 Å². The number of benzene rings is 2. The number of aromatic nitrogens is 3. The molecular weight excluding hydrogens is 426 g/mol. The number of carboxylic acid groups (broad SMARTS) is 1. The molecule has 0 saturated heterocycles. The van der Waals surface area contributed by atoms with E-state index in [1.54, 1.807) is 16.7 Å². The van der Waals surface area contributed by atoms with E-state index in [1.165, 1.54) is 6.20 Å². The van der Waals surface area contributed by atoms with Crippen molar-refractivity contribution in [3.05, 3.63) is 99.2 Å². The van der Waals surface area contributed by atoms with E-state index in [0.29, 0.717) is 32.7 Å². The fourth-order valence-corrected chi connectivity index (χ4v) is 4.37. The molecule has 32 heavy (non-hydrogen) atoms. The van der Waals surface area contributed by atoms with Crippen LogP contribution in [0.15, 0.2) is 71.7 Å². The van der Waals surface area contributed by atoms with Gasteiger partial charge in [0.2, 0.25) is 0 Å². The topological polar surface area (TPSA) is 88.0 Å². The van der Waals surface area contributed by atoms with Crippen LogP contribution in [0.2, 0.25) is 5.15 Å². The zero-order chi connectivity index (χ0) is 22.4. The summed E-state index contributed by atoms with van der Waals surface area (Å²) >= 11 is 6.48. The van der Waals surface area contributed by atoms with Crippen molar-refractivity contribution < 1.29 is 9.90 Å². The van der Waals surface area contributed by atoms with E-state index in [9.17, 15) is 14.7 Å². The van der Waals surface area contributed by atoms with E-state index in [0.717, 1.165) is 16.5 Å². The summed E-state index contributed by atoms with van der Waals surface area (Å²) in [5.74, 6) is -1.12. The molecule has 3 aromatic heterocycles. The Morgan fingerprint density at radius 3 is 2.72 bits per heavy atom. The Morgan fingerprint density at radius 2 is 1.94 bits per heavy atom. The molecule has 7 heteroatoms. The number of aromatic amines is 1. The average molecular weight is 444 g/mol. The van der Waals surface area contributed by atoms with Gasteiger partial charge < -0.3 is 14.7 Å². The highest BCUT2D eigenvalue weighted by Crippen LogP contribution is 2.35. The zero-order valence-electron chi connectivity index (χ0n) is 17.1. The molecule has 2 N–H and O–H groups in total. The Morgan fingerprint density at radius 1 is 1.12 bits per heavy atom. The summed E-state index contributed by atoms with van der Waals surface area (Å²) in [5.41, 5.74) is 3.52. The molecule has 0 fully saturated rings. The number of carbonyl (C=O) groups is 1. The minimum Gasteiger partial charge on any atom is -0.477 e. The number of para-hydroxylation sites is 1. The molecule has 158 valence electrons. The van der Waals surface area contributed by atoms with Gasteiger partial charge in [-0.05, 0) is 43.3 Å². The second kappa shape index (κ2) is 7.66. The van der Waals surface area contributed by atoms with Crippen molar-refractivity contribution in [2.75, 3.05) is 0 Å². The molecule has 5 aromatic rings. The number of rotatable bonds is 4. The largest absolute Gasteiger partial charge is 0.477 e. The van der Waals surface area contributed by atoms with Crippen molar-refractivity contribution in [2.24, 2.45) is 0 Å². The van der Waals surface area contributed by atoms with Gasteiger partial charge in [0.25, 0.3) is 5.56 Å². The fourth-order valence-electron chi connectivity index (χ4n) is 4.16. The van der Waals surface area contributed by atoms with Crippen molar-refractivity contribution in [3.63, 3.8) is 0 Å². The number of nitrogens with zero attached hydrogens (tertiary/aromatic N) is 2. The monoisotopic (exact) mass is 443 g/mol. The lowest BCUT2D eigenvalue weighted by Crippen LogP contribution is -2.14. The number of hydrogen-bond donors (Lipinski definition) is 2. The van der Waals surface area contributed by atoms with Crippen LogP contribution in [0.5, 0.6) is 0 Å². The molecule has 3 heterocycles. The third-order valence-electron chi connectivity index (χ3n) is 5.59. The lowest BCUT2D eigenvalue weighted by molar-refractivity contribution is 0.0687. The van der Waals surface area contributed by atoms with Gasteiger partial charge in [-0.25, -0.2) is 9.78 Å². The zero-order valence-corrected chi connectivity index (χ0v) is 17.8. The molecule has 0 bridgehead atoms. The number of hydrogen-bond acceptors (Lipinski definition) is 3. The lowest BCUT2D eigenvalue weighted by atomic mass is 10.0. The van der Waals surface area contributed by atoms with E-state index in [4.69, 9.17) is 11.6 Å². The standard InChI is InChI=1S/C25H18ClN3O3/c1-14-8-9-20-18(11-14)21(17-6-4-10-27-24(17)30)22(25(31)32)29(20)13-16-12-15-5-2-3-7-19(15)28-23(16)26/h2-12H,13H2,1H3,(H,27,30)(H,31,32). The van der Waals surface area contributed by atoms with Gasteiger partial charge in [0.15, 0.2) is 0 Å². The molecular formula is C25H18ClN3O3. The first-order valence-electron chi connectivity index (χ1n) is 10.0. The third kappa shape index (κ3) is 3.25. The van der Waals surface area contributed by atoms with Crippen molar-refractivity contribution >= 4 is 39.4 Å². The van der Waals surface area contributed by atoms with Gasteiger partial charge in [0, 0.05) is 39.2 Å². The van der Waals surface area contributed by atoms with Gasteiger partial charge in [-0.2, -0.15) is 0 Å². The maximum absolute atomic E-state index is 12.6. The molecule has 0 aliphatic carbocycles. The van der Waals surface area contributed by atoms with E-state index in [-0.39, 0.29) is 17.8 Å². The summed E-state index contributed by atoms with van der Waals surface area (Å²) in [6.07, 6.45) is 1.53. The minimum atomic E-state index is -1.12. The van der Waals surface area contributed by atoms with E-state index < -0.39 is 5.97 Å². The molecule has 0 unspecified atom stereocenters. The van der Waals surface area contributed by atoms with Crippen molar-refractivity contribution in [3.8, 4) is 11.1 Å². The summed E-state index contributed by atoms with van der Waals surface area (Å²) in [4.78, 5) is 32.2. The molecule has 0 amide bonds. The maximum atomic E-state index is 12.6. The minimum absolute atomic E-state index is 0.0338. The van der Waals surface area contributed by atoms with Crippen LogP contribution in [-0.2, 0) is 6.54 Å². The first kappa shape index (κ1) is 20.0. The molecule has 0 radical (unpaired) electrons. The highest BCUT2D eigenvalue weighted by atomic mass is 35.5. The predicted octanol–water partition coefficient (Wildman–Crippen LogP) is 5.25. The number of carboxylic acids is 1. The SMILES string of the molecule is Cc1ccc2c(c1)c(-c1ccc[nH]c1=O)c(C(=O)O)n2Cc1cc2ccccc2nc1Cl. The highest BCUT2D eigenvalue weighted by Gasteiger charge is 2.25. The number of pyridine rings is 2. The molecule has 5 rings (SSSR count). The molecule has 0 spiro atoms. The van der Waals surface area contributed by atoms with Crippen molar-refractivity contribution in [1.29, 1.82) is 0 Å². The van der Waals surface area contributed by atoms with E-state index in [1.807, 2.05) is 55.5 Å². The van der Waals surface area contributed by atoms with Crippen molar-refractivity contribution in [1.82, 2.24) is 14.5 Å². The number of halogens is 1. The van der Waals surface area contributed by atoms with Crippen molar-refractivity contribution in [2.45, 2.75) is 13.5 Å². The highest BCUT2D eigenvalue weighted by molar-refractivity contribution is 6.30. The van der Waals surface area contributed by atoms with Crippen LogP contribution < -0.4 is 5.56 Å². The Bertz CT molecular complexity index is 1580. The lowest BCUT2D eigenvalue weighted by Gasteiger charge is -2.11. The normalized spacial score (nSPS) is 11.3. The average Bonchev–Trinajstić information content (AvgIpc) is 3.08. The molecule has 0 atom stereocenters. The Labute approximate surface area is 187 Å². The predicted molar refractivity (Wildman–Crippen MR) is 126 cm³/mol. The first-order valence-corrected chi connectivity index (χ1v) is 10.4. The summed E-state index contributed by atoms with van der Waals surface area (Å²) in [5, 5.41) is 12.1.